The van der Waals surface area contributed by atoms with Crippen LogP contribution in [-0.2, 0) is 11.0 Å². The molecule has 0 bridgehead atoms. The second-order valence-corrected chi connectivity index (χ2v) is 12.9. The first kappa shape index (κ1) is 34.2. The number of amides is 2. The highest BCUT2D eigenvalue weighted by Gasteiger charge is 2.33. The monoisotopic (exact) mass is 663 g/mol. The number of carbonyl (C=O) groups excluding carboxylic acids is 2. The van der Waals surface area contributed by atoms with E-state index in [4.69, 9.17) is 0 Å². The van der Waals surface area contributed by atoms with Crippen molar-refractivity contribution in [3.8, 4) is 28.8 Å². The number of hydrogen-bond donors (Lipinski definition) is 1. The Hall–Kier alpha value is -5.16. The summed E-state index contributed by atoms with van der Waals surface area (Å²) in [7, 11) is 6.04. The molecule has 11 nitrogen and oxygen atoms in total. The van der Waals surface area contributed by atoms with Crippen molar-refractivity contribution in [1.82, 2.24) is 29.1 Å². The van der Waals surface area contributed by atoms with Gasteiger partial charge in [-0.3, -0.25) is 9.36 Å². The molecule has 2 amide bonds. The molecule has 1 aliphatic rings. The highest BCUT2D eigenvalue weighted by Crippen LogP contribution is 2.32. The van der Waals surface area contributed by atoms with Crippen LogP contribution in [0.3, 0.4) is 0 Å². The molecular formula is C34H38F3N8O3+. The first-order valence-corrected chi connectivity index (χ1v) is 15.6. The molecule has 14 heteroatoms. The highest BCUT2D eigenvalue weighted by atomic mass is 19.4. The third-order valence-corrected chi connectivity index (χ3v) is 8.95. The highest BCUT2D eigenvalue weighted by molar-refractivity contribution is 5.89. The summed E-state index contributed by atoms with van der Waals surface area (Å²) in [5.74, 6) is -0.0113. The van der Waals surface area contributed by atoms with Crippen LogP contribution in [0.25, 0.3) is 22.8 Å². The number of aromatic nitrogens is 4. The first-order chi connectivity index (χ1) is 22.6. The predicted octanol–water partition coefficient (Wildman–Crippen LogP) is 4.58. The normalized spacial score (nSPS) is 15.5. The summed E-state index contributed by atoms with van der Waals surface area (Å²) >= 11 is 0. The zero-order valence-corrected chi connectivity index (χ0v) is 27.5. The number of likely N-dealkylation sites (N-methyl/N-ethyl adjacent to an activating group) is 1. The number of carbonyl (C=O) groups is 2. The lowest BCUT2D eigenvalue weighted by atomic mass is 9.95. The largest absolute Gasteiger partial charge is 0.416 e. The van der Waals surface area contributed by atoms with Gasteiger partial charge < -0.3 is 14.7 Å². The van der Waals surface area contributed by atoms with Crippen molar-refractivity contribution < 1.29 is 27.2 Å². The van der Waals surface area contributed by atoms with Crippen LogP contribution in [0.2, 0.25) is 0 Å². The van der Waals surface area contributed by atoms with Gasteiger partial charge in [0, 0.05) is 26.4 Å². The maximum Gasteiger partial charge on any atom is 0.416 e. The fourth-order valence-electron chi connectivity index (χ4n) is 6.21. The second-order valence-electron chi connectivity index (χ2n) is 12.9. The topological polar surface area (TPSA) is 118 Å². The van der Waals surface area contributed by atoms with E-state index in [2.05, 4.69) is 24.5 Å². The Morgan fingerprint density at radius 3 is 2.40 bits per heavy atom. The molecular weight excluding hydrogens is 625 g/mol. The van der Waals surface area contributed by atoms with Gasteiger partial charge in [0.2, 0.25) is 5.91 Å². The molecule has 1 atom stereocenters. The van der Waals surface area contributed by atoms with Gasteiger partial charge in [0.05, 0.1) is 73.3 Å². The number of quaternary nitrogens is 1. The Morgan fingerprint density at radius 2 is 1.77 bits per heavy atom. The zero-order chi connectivity index (χ0) is 35.0. The summed E-state index contributed by atoms with van der Waals surface area (Å²) in [5, 5.41) is 16.2. The lowest BCUT2D eigenvalue weighted by Gasteiger charge is -2.38. The number of piperidine rings is 1. The number of nitrogens with one attached hydrogen (secondary N) is 1. The molecule has 2 aromatic carbocycles. The molecule has 0 saturated carbocycles. The third kappa shape index (κ3) is 6.91. The quantitative estimate of drug-likeness (QED) is 0.291. The number of benzene rings is 2. The Labute approximate surface area is 276 Å². The minimum absolute atomic E-state index is 0.0627. The Bertz CT molecular complexity index is 1920. The van der Waals surface area contributed by atoms with E-state index in [1.54, 1.807) is 42.3 Å². The smallest absolute Gasteiger partial charge is 0.344 e. The molecule has 0 radical (unpaired) electrons. The van der Waals surface area contributed by atoms with Gasteiger partial charge in [-0.05, 0) is 68.3 Å². The van der Waals surface area contributed by atoms with Gasteiger partial charge in [-0.25, -0.2) is 18.8 Å². The van der Waals surface area contributed by atoms with Gasteiger partial charge in [-0.15, -0.1) is 0 Å². The summed E-state index contributed by atoms with van der Waals surface area (Å²) in [4.78, 5) is 43.0. The summed E-state index contributed by atoms with van der Waals surface area (Å²) < 4.78 is 45.2. The van der Waals surface area contributed by atoms with Gasteiger partial charge in [0.25, 0.3) is 0 Å². The maximum absolute atomic E-state index is 14.1. The number of halogens is 3. The molecule has 0 spiro atoms. The molecule has 4 aromatic rings. The van der Waals surface area contributed by atoms with Crippen molar-refractivity contribution in [2.45, 2.75) is 38.9 Å². The fourth-order valence-corrected chi connectivity index (χ4v) is 6.21. The molecule has 1 unspecified atom stereocenters. The maximum atomic E-state index is 14.1. The number of nitrogens with zero attached hydrogens (tertiary/aromatic N) is 7. The van der Waals surface area contributed by atoms with Gasteiger partial charge in [-0.2, -0.15) is 23.5 Å². The Balaban J connectivity index is 1.53. The van der Waals surface area contributed by atoms with Crippen LogP contribution in [0, 0.1) is 24.2 Å². The molecule has 1 N–H and O–H groups in total. The summed E-state index contributed by atoms with van der Waals surface area (Å²) in [6.45, 7) is 5.58. The number of rotatable bonds is 7. The Morgan fingerprint density at radius 1 is 1.10 bits per heavy atom. The number of nitriles is 1. The standard InChI is InChI=1S/C34H37F3N8O3/c1-22(31(46)41(3)21-25-14-17-45(4,5)18-15-25)40-32(47)43-30(29-13-16-39-44(29)27-11-9-24(20-38)10-12-27)23(2)42(33(43)48)28-8-6-7-26(19-28)34(35,36)37/h6-13,16,19,22,25H,14-15,17-18,21H2,1-5H3/p+1. The minimum Gasteiger partial charge on any atom is -0.344 e. The van der Waals surface area contributed by atoms with Crippen LogP contribution in [0.1, 0.15) is 36.6 Å². The minimum atomic E-state index is -4.67. The molecule has 2 aromatic heterocycles. The average molecular weight is 664 g/mol. The van der Waals surface area contributed by atoms with Gasteiger partial charge in [0.1, 0.15) is 11.7 Å². The van der Waals surface area contributed by atoms with Crippen LogP contribution in [-0.4, -0.2) is 87.1 Å². The van der Waals surface area contributed by atoms with E-state index < -0.39 is 29.5 Å². The zero-order valence-electron chi connectivity index (χ0n) is 27.5. The van der Waals surface area contributed by atoms with Crippen LogP contribution in [0.15, 0.2) is 65.6 Å². The van der Waals surface area contributed by atoms with Crippen molar-refractivity contribution in [2.75, 3.05) is 40.8 Å². The van der Waals surface area contributed by atoms with Crippen LogP contribution in [0.4, 0.5) is 18.0 Å². The van der Waals surface area contributed by atoms with E-state index >= 15 is 0 Å². The molecule has 5 rings (SSSR count). The lowest BCUT2D eigenvalue weighted by molar-refractivity contribution is -0.896. The van der Waals surface area contributed by atoms with Crippen molar-refractivity contribution in [2.24, 2.45) is 5.92 Å². The van der Waals surface area contributed by atoms with E-state index in [1.807, 2.05) is 6.07 Å². The van der Waals surface area contributed by atoms with Crippen LogP contribution in [0.5, 0.6) is 0 Å². The molecule has 0 aliphatic carbocycles. The van der Waals surface area contributed by atoms with Crippen LogP contribution >= 0.6 is 0 Å². The van der Waals surface area contributed by atoms with Crippen LogP contribution < -0.4 is 11.0 Å². The molecule has 3 heterocycles. The van der Waals surface area contributed by atoms with E-state index in [0.717, 1.165) is 51.7 Å². The number of alkyl halides is 3. The van der Waals surface area contributed by atoms with Gasteiger partial charge in [0.15, 0.2) is 0 Å². The summed E-state index contributed by atoms with van der Waals surface area (Å²) in [6.07, 6.45) is -1.27. The summed E-state index contributed by atoms with van der Waals surface area (Å²) in [6, 6.07) is 12.4. The predicted molar refractivity (Wildman–Crippen MR) is 173 cm³/mol. The SMILES string of the molecule is Cc1c(-c2ccnn2-c2ccc(C#N)cc2)n(C(=O)NC(C)C(=O)N(C)CC2CC[N+](C)(C)CC2)c(=O)n1-c1cccc(C(F)(F)F)c1. The van der Waals surface area contributed by atoms with E-state index in [1.165, 1.54) is 36.9 Å². The number of imidazole rings is 1. The lowest BCUT2D eigenvalue weighted by Crippen LogP contribution is -2.51. The van der Waals surface area contributed by atoms with E-state index in [-0.39, 0.29) is 28.7 Å². The molecule has 48 heavy (non-hydrogen) atoms. The molecule has 252 valence electrons. The number of likely N-dealkylation sites (tertiary alicyclic amines) is 1. The van der Waals surface area contributed by atoms with Crippen molar-refractivity contribution >= 4 is 11.9 Å². The average Bonchev–Trinajstić information content (AvgIpc) is 3.62. The Kier molecular flexibility index (Phi) is 9.37. The molecule has 1 saturated heterocycles. The van der Waals surface area contributed by atoms with E-state index in [0.29, 0.717) is 23.7 Å². The number of hydrogen-bond acceptors (Lipinski definition) is 5. The van der Waals surface area contributed by atoms with Crippen molar-refractivity contribution in [3.63, 3.8) is 0 Å². The van der Waals surface area contributed by atoms with E-state index in [9.17, 15) is 32.8 Å². The fraction of sp³-hybridized carbons (Fsp3) is 0.382. The van der Waals surface area contributed by atoms with Gasteiger partial charge in [-0.1, -0.05) is 6.07 Å². The van der Waals surface area contributed by atoms with Crippen molar-refractivity contribution in [1.29, 1.82) is 5.26 Å². The third-order valence-electron chi connectivity index (χ3n) is 8.95. The first-order valence-electron chi connectivity index (χ1n) is 15.6. The molecule has 1 fully saturated rings. The summed E-state index contributed by atoms with van der Waals surface area (Å²) in [5.41, 5.74) is -0.557. The van der Waals surface area contributed by atoms with Crippen molar-refractivity contribution in [3.05, 3.63) is 88.1 Å². The molecule has 1 aliphatic heterocycles. The van der Waals surface area contributed by atoms with Gasteiger partial charge >= 0.3 is 17.9 Å². The second kappa shape index (κ2) is 13.2.